The number of carbonyl (C=O) groups is 1. The van der Waals surface area contributed by atoms with Gasteiger partial charge in [0.15, 0.2) is 17.8 Å². The van der Waals surface area contributed by atoms with Gasteiger partial charge in [-0.05, 0) is 26.3 Å². The fraction of sp³-hybridized carbons (Fsp3) is 0.462. The van der Waals surface area contributed by atoms with Gasteiger partial charge in [0.05, 0.1) is 19.8 Å². The lowest BCUT2D eigenvalue weighted by molar-refractivity contribution is 0.112. The van der Waals surface area contributed by atoms with Crippen LogP contribution >= 0.6 is 11.6 Å². The van der Waals surface area contributed by atoms with E-state index in [2.05, 4.69) is 0 Å². The van der Waals surface area contributed by atoms with E-state index in [1.54, 1.807) is 6.07 Å². The van der Waals surface area contributed by atoms with Crippen LogP contribution in [0.4, 0.5) is 0 Å². The molecular formula is C13H18ClNO3. The van der Waals surface area contributed by atoms with Crippen LogP contribution in [-0.4, -0.2) is 26.0 Å². The Kier molecular flexibility index (Phi) is 4.59. The van der Waals surface area contributed by atoms with Gasteiger partial charge in [0, 0.05) is 16.1 Å². The van der Waals surface area contributed by atoms with Gasteiger partial charge in [-0.25, -0.2) is 0 Å². The highest BCUT2D eigenvalue weighted by molar-refractivity contribution is 6.32. The molecule has 0 aliphatic heterocycles. The Hall–Kier alpha value is -1.26. The van der Waals surface area contributed by atoms with Crippen molar-refractivity contribution in [3.63, 3.8) is 0 Å². The van der Waals surface area contributed by atoms with Crippen LogP contribution in [0, 0.1) is 0 Å². The van der Waals surface area contributed by atoms with E-state index >= 15 is 0 Å². The van der Waals surface area contributed by atoms with E-state index in [4.69, 9.17) is 26.8 Å². The highest BCUT2D eigenvalue weighted by Crippen LogP contribution is 2.40. The van der Waals surface area contributed by atoms with E-state index in [0.29, 0.717) is 34.8 Å². The van der Waals surface area contributed by atoms with Crippen molar-refractivity contribution in [3.8, 4) is 11.5 Å². The van der Waals surface area contributed by atoms with E-state index in [9.17, 15) is 4.79 Å². The number of halogens is 1. The second kappa shape index (κ2) is 5.59. The first-order valence-electron chi connectivity index (χ1n) is 5.51. The van der Waals surface area contributed by atoms with Crippen molar-refractivity contribution in [2.45, 2.75) is 25.8 Å². The van der Waals surface area contributed by atoms with Crippen LogP contribution in [0.1, 0.15) is 29.8 Å². The summed E-state index contributed by atoms with van der Waals surface area (Å²) in [6.07, 6.45) is 1.20. The Balaban J connectivity index is 3.46. The van der Waals surface area contributed by atoms with Crippen LogP contribution in [0.25, 0.3) is 0 Å². The zero-order valence-electron chi connectivity index (χ0n) is 11.0. The number of nitrogens with two attached hydrogens (primary N) is 1. The SMILES string of the molecule is COc1c(C=O)cc(Cl)c(CC(C)(C)N)c1OC. The Bertz CT molecular complexity index is 453. The maximum Gasteiger partial charge on any atom is 0.171 e. The van der Waals surface area contributed by atoms with E-state index < -0.39 is 5.54 Å². The summed E-state index contributed by atoms with van der Waals surface area (Å²) in [5, 5.41) is 0.452. The minimum atomic E-state index is -0.440. The quantitative estimate of drug-likeness (QED) is 0.836. The molecule has 0 radical (unpaired) electrons. The van der Waals surface area contributed by atoms with Gasteiger partial charge in [-0.1, -0.05) is 11.6 Å². The highest BCUT2D eigenvalue weighted by Gasteiger charge is 2.23. The largest absolute Gasteiger partial charge is 0.492 e. The highest BCUT2D eigenvalue weighted by atomic mass is 35.5. The second-order valence-corrected chi connectivity index (χ2v) is 5.18. The molecule has 4 nitrogen and oxygen atoms in total. The van der Waals surface area contributed by atoms with Crippen LogP contribution in [0.5, 0.6) is 11.5 Å². The molecule has 0 spiro atoms. The van der Waals surface area contributed by atoms with Crippen LogP contribution in [0.3, 0.4) is 0 Å². The third-order valence-corrected chi connectivity index (χ3v) is 2.82. The van der Waals surface area contributed by atoms with Gasteiger partial charge in [0.1, 0.15) is 0 Å². The monoisotopic (exact) mass is 271 g/mol. The lowest BCUT2D eigenvalue weighted by Gasteiger charge is -2.22. The molecule has 0 atom stereocenters. The fourth-order valence-corrected chi connectivity index (χ4v) is 2.07. The number of hydrogen-bond acceptors (Lipinski definition) is 4. The normalized spacial score (nSPS) is 11.2. The predicted octanol–water partition coefficient (Wildman–Crippen LogP) is 2.45. The number of ether oxygens (including phenoxy) is 2. The summed E-state index contributed by atoms with van der Waals surface area (Å²) in [5.41, 5.74) is 6.66. The summed E-state index contributed by atoms with van der Waals surface area (Å²) in [6, 6.07) is 1.57. The molecule has 0 unspecified atom stereocenters. The number of benzene rings is 1. The average Bonchev–Trinajstić information content (AvgIpc) is 2.29. The molecule has 1 rings (SSSR count). The smallest absolute Gasteiger partial charge is 0.171 e. The summed E-state index contributed by atoms with van der Waals surface area (Å²) >= 11 is 6.18. The first-order valence-corrected chi connectivity index (χ1v) is 5.89. The van der Waals surface area contributed by atoms with Crippen LogP contribution in [0.2, 0.25) is 5.02 Å². The third kappa shape index (κ3) is 3.15. The van der Waals surface area contributed by atoms with Crippen molar-refractivity contribution in [3.05, 3.63) is 22.2 Å². The molecule has 0 heterocycles. The average molecular weight is 272 g/mol. The van der Waals surface area contributed by atoms with Crippen LogP contribution in [-0.2, 0) is 6.42 Å². The molecule has 5 heteroatoms. The Labute approximate surface area is 112 Å². The number of carbonyl (C=O) groups excluding carboxylic acids is 1. The maximum absolute atomic E-state index is 11.0. The molecule has 0 aliphatic carbocycles. The lowest BCUT2D eigenvalue weighted by atomic mass is 9.94. The topological polar surface area (TPSA) is 61.5 Å². The molecule has 18 heavy (non-hydrogen) atoms. The van der Waals surface area contributed by atoms with Crippen molar-refractivity contribution < 1.29 is 14.3 Å². The van der Waals surface area contributed by atoms with E-state index in [0.717, 1.165) is 5.56 Å². The number of rotatable bonds is 5. The van der Waals surface area contributed by atoms with Crippen molar-refractivity contribution in [2.24, 2.45) is 5.73 Å². The number of methoxy groups -OCH3 is 2. The predicted molar refractivity (Wildman–Crippen MR) is 71.9 cm³/mol. The first kappa shape index (κ1) is 14.8. The number of aldehydes is 1. The van der Waals surface area contributed by atoms with E-state index in [1.165, 1.54) is 14.2 Å². The second-order valence-electron chi connectivity index (χ2n) is 4.78. The minimum Gasteiger partial charge on any atom is -0.492 e. The molecule has 1 aromatic carbocycles. The standard InChI is InChI=1S/C13H18ClNO3/c1-13(2,15)6-9-10(14)5-8(7-16)11(17-3)12(9)18-4/h5,7H,6,15H2,1-4H3. The van der Waals surface area contributed by atoms with Gasteiger partial charge < -0.3 is 15.2 Å². The molecule has 0 amide bonds. The maximum atomic E-state index is 11.0. The van der Waals surface area contributed by atoms with Gasteiger partial charge in [-0.2, -0.15) is 0 Å². The zero-order chi connectivity index (χ0) is 13.9. The molecule has 0 aliphatic rings. The summed E-state index contributed by atoms with van der Waals surface area (Å²) in [6.45, 7) is 3.78. The van der Waals surface area contributed by atoms with Gasteiger partial charge >= 0.3 is 0 Å². The van der Waals surface area contributed by atoms with E-state index in [-0.39, 0.29) is 0 Å². The molecular weight excluding hydrogens is 254 g/mol. The Morgan fingerprint density at radius 2 is 1.89 bits per heavy atom. The van der Waals surface area contributed by atoms with Crippen LogP contribution in [0.15, 0.2) is 6.07 Å². The molecule has 0 saturated heterocycles. The summed E-state index contributed by atoms with van der Waals surface area (Å²) < 4.78 is 10.5. The minimum absolute atomic E-state index is 0.359. The van der Waals surface area contributed by atoms with Crippen LogP contribution < -0.4 is 15.2 Å². The molecule has 1 aromatic rings. The summed E-state index contributed by atoms with van der Waals surface area (Å²) in [5.74, 6) is 0.849. The van der Waals surface area contributed by atoms with Crippen molar-refractivity contribution >= 4 is 17.9 Å². The zero-order valence-corrected chi connectivity index (χ0v) is 11.8. The van der Waals surface area contributed by atoms with Crippen molar-refractivity contribution in [1.82, 2.24) is 0 Å². The molecule has 100 valence electrons. The first-order chi connectivity index (χ1) is 8.34. The van der Waals surface area contributed by atoms with Gasteiger partial charge in [-0.15, -0.1) is 0 Å². The van der Waals surface area contributed by atoms with E-state index in [1.807, 2.05) is 13.8 Å². The molecule has 0 bridgehead atoms. The third-order valence-electron chi connectivity index (χ3n) is 2.48. The Morgan fingerprint density at radius 1 is 1.33 bits per heavy atom. The molecule has 0 saturated carbocycles. The van der Waals surface area contributed by atoms with Crippen molar-refractivity contribution in [1.29, 1.82) is 0 Å². The van der Waals surface area contributed by atoms with Gasteiger partial charge in [0.25, 0.3) is 0 Å². The summed E-state index contributed by atoms with van der Waals surface area (Å²) in [7, 11) is 2.99. The van der Waals surface area contributed by atoms with Gasteiger partial charge in [0.2, 0.25) is 0 Å². The summed E-state index contributed by atoms with van der Waals surface area (Å²) in [4.78, 5) is 11.0. The fourth-order valence-electron chi connectivity index (χ4n) is 1.80. The van der Waals surface area contributed by atoms with Gasteiger partial charge in [-0.3, -0.25) is 4.79 Å². The Morgan fingerprint density at radius 3 is 2.28 bits per heavy atom. The molecule has 0 fully saturated rings. The molecule has 0 aromatic heterocycles. The van der Waals surface area contributed by atoms with Crippen molar-refractivity contribution in [2.75, 3.05) is 14.2 Å². The number of hydrogen-bond donors (Lipinski definition) is 1. The molecule has 2 N–H and O–H groups in total. The lowest BCUT2D eigenvalue weighted by Crippen LogP contribution is -2.34.